The molecule has 8 nitrogen and oxygen atoms in total. The van der Waals surface area contributed by atoms with Crippen LogP contribution in [0, 0.1) is 0 Å². The third-order valence-electron chi connectivity index (χ3n) is 3.96. The van der Waals surface area contributed by atoms with E-state index in [1.54, 1.807) is 23.6 Å². The van der Waals surface area contributed by atoms with Gasteiger partial charge in [-0.25, -0.2) is 19.9 Å². The summed E-state index contributed by atoms with van der Waals surface area (Å²) in [7, 11) is 0. The number of halogens is 5. The molecule has 0 aromatic carbocycles. The highest BCUT2D eigenvalue weighted by Crippen LogP contribution is 2.33. The molecule has 0 bridgehead atoms. The van der Waals surface area contributed by atoms with Gasteiger partial charge in [-0.3, -0.25) is 9.59 Å². The van der Waals surface area contributed by atoms with E-state index in [0.717, 1.165) is 31.2 Å². The molecule has 2 aliphatic heterocycles. The predicted molar refractivity (Wildman–Crippen MR) is 135 cm³/mol. The molecule has 4 heterocycles. The van der Waals surface area contributed by atoms with Gasteiger partial charge < -0.3 is 10.2 Å². The van der Waals surface area contributed by atoms with Crippen molar-refractivity contribution in [1.82, 2.24) is 30.2 Å². The number of carbonyl (C=O) groups is 2. The summed E-state index contributed by atoms with van der Waals surface area (Å²) in [5.41, 5.74) is 0. The zero-order valence-corrected chi connectivity index (χ0v) is 22.8. The lowest BCUT2D eigenvalue weighted by atomic mass is 10.2. The van der Waals surface area contributed by atoms with E-state index in [1.165, 1.54) is 31.1 Å². The summed E-state index contributed by atoms with van der Waals surface area (Å²) in [5.74, 6) is 0.101. The summed E-state index contributed by atoms with van der Waals surface area (Å²) in [5, 5.41) is 6.67. The van der Waals surface area contributed by atoms with Crippen LogP contribution in [0.2, 0.25) is 20.6 Å². The Kier molecular flexibility index (Phi) is 12.2. The molecule has 0 aliphatic carbocycles. The lowest BCUT2D eigenvalue weighted by Crippen LogP contribution is -2.51. The molecule has 180 valence electrons. The molecule has 0 unspecified atom stereocenters. The molecule has 1 N–H and O–H groups in total. The number of aromatic nitrogens is 4. The zero-order chi connectivity index (χ0) is 24.5. The third-order valence-corrected chi connectivity index (χ3v) is 7.47. The highest BCUT2D eigenvalue weighted by atomic mass is 35.5. The minimum absolute atomic E-state index is 0.101. The summed E-state index contributed by atoms with van der Waals surface area (Å²) in [6, 6.07) is 0. The molecule has 2 fully saturated rings. The van der Waals surface area contributed by atoms with Crippen LogP contribution in [0.15, 0.2) is 22.4 Å². The molecule has 1 amide bonds. The van der Waals surface area contributed by atoms with E-state index in [4.69, 9.17) is 46.4 Å². The smallest absolute Gasteiger partial charge is 0.223 e. The molecule has 15 heteroatoms. The first kappa shape index (κ1) is 28.6. The number of carbonyl (C=O) groups excluding carboxylic acids is 2. The number of thioether (sulfide) groups is 2. The second-order valence-corrected chi connectivity index (χ2v) is 11.2. The van der Waals surface area contributed by atoms with Crippen LogP contribution in [0.3, 0.4) is 0 Å². The summed E-state index contributed by atoms with van der Waals surface area (Å²) in [4.78, 5) is 37.6. The van der Waals surface area contributed by atoms with Gasteiger partial charge in [0.25, 0.3) is 0 Å². The maximum atomic E-state index is 11.0. The first-order valence-corrected chi connectivity index (χ1v) is 13.0. The quantitative estimate of drug-likeness (QED) is 0.307. The lowest BCUT2D eigenvalue weighted by molar-refractivity contribution is -0.131. The largest absolute Gasteiger partial charge is 0.341 e. The van der Waals surface area contributed by atoms with Crippen LogP contribution in [0.1, 0.15) is 13.8 Å². The van der Waals surface area contributed by atoms with Crippen molar-refractivity contribution in [3.05, 3.63) is 33.0 Å². The molecule has 2 aliphatic rings. The predicted octanol–water partition coefficient (Wildman–Crippen LogP) is 4.73. The second kappa shape index (κ2) is 14.1. The SMILES string of the molecule is CC(=O)Cl.CC(=O)N1CC(Sc2nc(Cl)ncc2Cl)C1.Clc1ncc(Cl)c(SC2CNC2)n1. The molecule has 2 saturated heterocycles. The average Bonchev–Trinajstić information content (AvgIpc) is 2.66. The molecular weight excluding hydrogens is 574 g/mol. The standard InChI is InChI=1S/C9H9Cl2N3OS.C7H7Cl2N3S.C2H3ClO/c1-5(15)14-3-6(4-14)16-8-7(10)2-12-9(11)13-8;8-5-3-11-7(9)12-6(5)13-4-1-10-2-4;1-2(3)4/h2,6H,3-4H2,1H3;3-4,10H,1-2H2;1H3. The molecule has 0 atom stereocenters. The number of rotatable bonds is 4. The maximum absolute atomic E-state index is 11.0. The maximum Gasteiger partial charge on any atom is 0.223 e. The van der Waals surface area contributed by atoms with Gasteiger partial charge in [-0.1, -0.05) is 46.7 Å². The first-order valence-electron chi connectivity index (χ1n) is 9.36. The molecule has 33 heavy (non-hydrogen) atoms. The minimum atomic E-state index is -0.361. The highest BCUT2D eigenvalue weighted by Gasteiger charge is 2.30. The van der Waals surface area contributed by atoms with E-state index in [9.17, 15) is 9.59 Å². The molecule has 0 radical (unpaired) electrons. The second-order valence-electron chi connectivity index (χ2n) is 6.62. The molecule has 4 rings (SSSR count). The van der Waals surface area contributed by atoms with Gasteiger partial charge in [0.2, 0.25) is 21.7 Å². The summed E-state index contributed by atoms with van der Waals surface area (Å²) < 4.78 is 0. The van der Waals surface area contributed by atoms with E-state index < -0.39 is 0 Å². The number of hydrogen-bond acceptors (Lipinski definition) is 9. The fourth-order valence-corrected chi connectivity index (χ4v) is 5.23. The van der Waals surface area contributed by atoms with Crippen LogP contribution in [-0.4, -0.2) is 72.7 Å². The van der Waals surface area contributed by atoms with E-state index in [0.29, 0.717) is 25.6 Å². The van der Waals surface area contributed by atoms with Gasteiger partial charge >= 0.3 is 0 Å². The topological polar surface area (TPSA) is 101 Å². The zero-order valence-electron chi connectivity index (χ0n) is 17.4. The van der Waals surface area contributed by atoms with Gasteiger partial charge in [-0.15, -0.1) is 0 Å². The Balaban J connectivity index is 0.000000204. The van der Waals surface area contributed by atoms with Crippen molar-refractivity contribution in [2.75, 3.05) is 26.2 Å². The fraction of sp³-hybridized carbons (Fsp3) is 0.444. The summed E-state index contributed by atoms with van der Waals surface area (Å²) >= 11 is 31.0. The molecule has 2 aromatic rings. The summed E-state index contributed by atoms with van der Waals surface area (Å²) in [6.07, 6.45) is 3.02. The Labute approximate surface area is 224 Å². The molecule has 0 spiro atoms. The van der Waals surface area contributed by atoms with Crippen LogP contribution in [0.5, 0.6) is 0 Å². The van der Waals surface area contributed by atoms with Crippen molar-refractivity contribution in [3.63, 3.8) is 0 Å². The average molecular weight is 593 g/mol. The van der Waals surface area contributed by atoms with Crippen molar-refractivity contribution >= 4 is 92.7 Å². The Hall–Kier alpha value is -0.590. The van der Waals surface area contributed by atoms with E-state index in [1.807, 2.05) is 0 Å². The van der Waals surface area contributed by atoms with E-state index in [2.05, 4.69) is 36.9 Å². The van der Waals surface area contributed by atoms with E-state index >= 15 is 0 Å². The van der Waals surface area contributed by atoms with Crippen LogP contribution in [-0.2, 0) is 9.59 Å². The highest BCUT2D eigenvalue weighted by molar-refractivity contribution is 8.00. The number of amides is 1. The fourth-order valence-electron chi connectivity index (χ4n) is 2.26. The number of nitrogens with one attached hydrogen (secondary N) is 1. The Morgan fingerprint density at radius 2 is 1.33 bits per heavy atom. The van der Waals surface area contributed by atoms with Crippen molar-refractivity contribution in [1.29, 1.82) is 0 Å². The number of likely N-dealkylation sites (tertiary alicyclic amines) is 1. The van der Waals surface area contributed by atoms with Gasteiger partial charge in [-0.05, 0) is 34.8 Å². The van der Waals surface area contributed by atoms with Crippen LogP contribution in [0.25, 0.3) is 0 Å². The van der Waals surface area contributed by atoms with Crippen LogP contribution >= 0.6 is 81.5 Å². The van der Waals surface area contributed by atoms with Gasteiger partial charge in [-0.2, -0.15) is 0 Å². The third kappa shape index (κ3) is 10.3. The van der Waals surface area contributed by atoms with Gasteiger partial charge in [0.05, 0.1) is 22.4 Å². The Bertz CT molecular complexity index is 975. The lowest BCUT2D eigenvalue weighted by Gasteiger charge is -2.37. The Morgan fingerprint density at radius 3 is 1.70 bits per heavy atom. The number of hydrogen-bond donors (Lipinski definition) is 1. The molecule has 0 saturated carbocycles. The monoisotopic (exact) mass is 590 g/mol. The van der Waals surface area contributed by atoms with E-state index in [-0.39, 0.29) is 21.7 Å². The molecule has 2 aromatic heterocycles. The van der Waals surface area contributed by atoms with Crippen molar-refractivity contribution < 1.29 is 9.59 Å². The first-order chi connectivity index (χ1) is 15.5. The van der Waals surface area contributed by atoms with Gasteiger partial charge in [0.1, 0.15) is 10.1 Å². The number of nitrogens with zero attached hydrogens (tertiary/aromatic N) is 5. The minimum Gasteiger partial charge on any atom is -0.341 e. The Morgan fingerprint density at radius 1 is 0.909 bits per heavy atom. The van der Waals surface area contributed by atoms with Gasteiger partial charge in [0.15, 0.2) is 0 Å². The summed E-state index contributed by atoms with van der Waals surface area (Å²) in [6.45, 7) is 6.33. The van der Waals surface area contributed by atoms with Crippen molar-refractivity contribution in [3.8, 4) is 0 Å². The van der Waals surface area contributed by atoms with Crippen LogP contribution < -0.4 is 5.32 Å². The van der Waals surface area contributed by atoms with Crippen molar-refractivity contribution in [2.45, 2.75) is 34.4 Å². The van der Waals surface area contributed by atoms with Gasteiger partial charge in [0, 0.05) is 50.5 Å². The van der Waals surface area contributed by atoms with Crippen LogP contribution in [0.4, 0.5) is 0 Å². The normalized spacial score (nSPS) is 15.3. The molecular formula is C18H19Cl5N6O2S2. The van der Waals surface area contributed by atoms with Crippen molar-refractivity contribution in [2.24, 2.45) is 0 Å².